The summed E-state index contributed by atoms with van der Waals surface area (Å²) in [4.78, 5) is 0. The lowest BCUT2D eigenvalue weighted by atomic mass is 9.79. The number of hydrogen-bond donors (Lipinski definition) is 0. The first kappa shape index (κ1) is 26.5. The second kappa shape index (κ2) is 12.5. The number of rotatable bonds is 11. The molecule has 7 heteroatoms. The number of halogens is 5. The van der Waals surface area contributed by atoms with Crippen molar-refractivity contribution >= 4 is 8.41 Å². The van der Waals surface area contributed by atoms with E-state index >= 15 is 4.11 Å². The van der Waals surface area contributed by atoms with Crippen LogP contribution >= 0.6 is 0 Å². The van der Waals surface area contributed by atoms with Gasteiger partial charge in [-0.2, -0.15) is 0 Å². The van der Waals surface area contributed by atoms with Crippen molar-refractivity contribution in [1.82, 2.24) is 0 Å². The van der Waals surface area contributed by atoms with Crippen molar-refractivity contribution < 1.29 is 26.4 Å². The Morgan fingerprint density at radius 1 is 0.909 bits per heavy atom. The first-order valence-electron chi connectivity index (χ1n) is 12.9. The molecule has 1 aliphatic carbocycles. The third-order valence-corrected chi connectivity index (χ3v) is 11.5. The van der Waals surface area contributed by atoms with Crippen LogP contribution in [0, 0.1) is 23.5 Å². The minimum Gasteiger partial charge on any atom is -0.482 e. The van der Waals surface area contributed by atoms with Gasteiger partial charge >= 0.3 is 0 Å². The van der Waals surface area contributed by atoms with Crippen LogP contribution in [0.1, 0.15) is 89.0 Å². The molecule has 1 aromatic carbocycles. The average Bonchev–Trinajstić information content (AvgIpc) is 2.78. The van der Waals surface area contributed by atoms with Crippen molar-refractivity contribution in [2.75, 3.05) is 6.61 Å². The molecule has 1 heterocycles. The highest BCUT2D eigenvalue weighted by molar-refractivity contribution is 6.73. The molecule has 1 nitrogen and oxygen atoms in total. The van der Waals surface area contributed by atoms with Crippen molar-refractivity contribution in [1.29, 1.82) is 0 Å². The second-order valence-corrected chi connectivity index (χ2v) is 14.2. The smallest absolute Gasteiger partial charge is 0.272 e. The van der Waals surface area contributed by atoms with Gasteiger partial charge in [-0.1, -0.05) is 64.7 Å². The molecule has 0 amide bonds. The summed E-state index contributed by atoms with van der Waals surface area (Å²) in [7, 11) is -2.80. The van der Waals surface area contributed by atoms with Gasteiger partial charge in [0.15, 0.2) is 17.4 Å². The third kappa shape index (κ3) is 7.96. The molecule has 1 saturated carbocycles. The van der Waals surface area contributed by atoms with Crippen LogP contribution in [0.25, 0.3) is 0 Å². The molecule has 2 fully saturated rings. The van der Waals surface area contributed by atoms with E-state index in [2.05, 4.69) is 11.7 Å². The fourth-order valence-electron chi connectivity index (χ4n) is 5.77. The van der Waals surface area contributed by atoms with Crippen molar-refractivity contribution in [2.45, 2.75) is 108 Å². The summed E-state index contributed by atoms with van der Waals surface area (Å²) in [5.74, 6) is -1.25. The lowest BCUT2D eigenvalue weighted by Crippen LogP contribution is -2.34. The molecule has 1 aliphatic heterocycles. The van der Waals surface area contributed by atoms with E-state index in [9.17, 15) is 17.6 Å². The Kier molecular flexibility index (Phi) is 10.1. The van der Waals surface area contributed by atoms with Crippen LogP contribution in [0.3, 0.4) is 0 Å². The standard InChI is InChI=1S/C26H39F5OSi/c1-2-3-4-5-19-6-8-20(9-7-19)10-13-33(31)14-11-21(12-15-33)22-16-23(27)26(24(28)17-22)32-18-25(29)30/h16-17,19-21,25H,2-15,18H2,1H3/t19-,20-,21-,33+. The van der Waals surface area contributed by atoms with Crippen LogP contribution in [-0.4, -0.2) is 21.4 Å². The number of alkyl halides is 2. The summed E-state index contributed by atoms with van der Waals surface area (Å²) in [6.07, 6.45) is 9.75. The van der Waals surface area contributed by atoms with Gasteiger partial charge in [0.2, 0.25) is 8.41 Å². The molecule has 2 aliphatic rings. The van der Waals surface area contributed by atoms with Gasteiger partial charge in [-0.15, -0.1) is 0 Å². The molecule has 0 bridgehead atoms. The van der Waals surface area contributed by atoms with Crippen molar-refractivity contribution in [2.24, 2.45) is 11.8 Å². The Labute approximate surface area is 196 Å². The zero-order valence-corrected chi connectivity index (χ0v) is 20.9. The van der Waals surface area contributed by atoms with Gasteiger partial charge in [0, 0.05) is 0 Å². The largest absolute Gasteiger partial charge is 0.482 e. The van der Waals surface area contributed by atoms with Gasteiger partial charge in [-0.3, -0.25) is 0 Å². The average molecular weight is 491 g/mol. The van der Waals surface area contributed by atoms with E-state index in [4.69, 9.17) is 0 Å². The molecule has 3 rings (SSSR count). The molecule has 1 aromatic rings. The Morgan fingerprint density at radius 3 is 2.03 bits per heavy atom. The maximum absolute atomic E-state index is 15.6. The van der Waals surface area contributed by atoms with E-state index in [1.807, 2.05) is 0 Å². The number of unbranched alkanes of at least 4 members (excludes halogenated alkanes) is 2. The summed E-state index contributed by atoms with van der Waals surface area (Å²) in [6, 6.07) is 4.13. The van der Waals surface area contributed by atoms with Gasteiger partial charge in [0.1, 0.15) is 6.61 Å². The number of benzene rings is 1. The minimum absolute atomic E-state index is 0.0897. The van der Waals surface area contributed by atoms with Crippen LogP contribution in [-0.2, 0) is 0 Å². The maximum atomic E-state index is 15.6. The Hall–Kier alpha value is -1.11. The molecule has 188 valence electrons. The van der Waals surface area contributed by atoms with Crippen molar-refractivity contribution in [3.8, 4) is 5.75 Å². The zero-order chi connectivity index (χ0) is 23.8. The molecule has 0 radical (unpaired) electrons. The lowest BCUT2D eigenvalue weighted by molar-refractivity contribution is 0.0777. The topological polar surface area (TPSA) is 9.23 Å². The zero-order valence-electron chi connectivity index (χ0n) is 19.9. The fraction of sp³-hybridized carbons (Fsp3) is 0.769. The molecule has 0 atom stereocenters. The quantitative estimate of drug-likeness (QED) is 0.130. The lowest BCUT2D eigenvalue weighted by Gasteiger charge is -2.34. The van der Waals surface area contributed by atoms with E-state index in [-0.39, 0.29) is 5.92 Å². The minimum atomic E-state index is -2.80. The SMILES string of the molecule is CCCCC[C@H]1CC[C@H](CC[Si@]2(F)CC[C@@H](c3cc(F)c(OCC(F)F)c(F)c3)CC2)CC1. The van der Waals surface area contributed by atoms with E-state index in [1.54, 1.807) is 0 Å². The number of hydrogen-bond acceptors (Lipinski definition) is 1. The summed E-state index contributed by atoms with van der Waals surface area (Å²) in [6.45, 7) is 1.19. The Bertz CT molecular complexity index is 704. The van der Waals surface area contributed by atoms with E-state index < -0.39 is 38.8 Å². The van der Waals surface area contributed by atoms with Crippen molar-refractivity contribution in [3.63, 3.8) is 0 Å². The van der Waals surface area contributed by atoms with Crippen LogP contribution < -0.4 is 4.74 Å². The molecule has 0 spiro atoms. The van der Waals surface area contributed by atoms with E-state index in [0.717, 1.165) is 12.3 Å². The summed E-state index contributed by atoms with van der Waals surface area (Å²) >= 11 is 0. The van der Waals surface area contributed by atoms with Gasteiger partial charge < -0.3 is 8.84 Å². The number of ether oxygens (including phenoxy) is 1. The molecule has 0 N–H and O–H groups in total. The Morgan fingerprint density at radius 2 is 1.48 bits per heavy atom. The van der Waals surface area contributed by atoms with Crippen LogP contribution in [0.5, 0.6) is 5.75 Å². The second-order valence-electron chi connectivity index (χ2n) is 10.4. The molecular formula is C26H39F5OSi. The molecule has 33 heavy (non-hydrogen) atoms. The van der Waals surface area contributed by atoms with Crippen molar-refractivity contribution in [3.05, 3.63) is 29.3 Å². The maximum Gasteiger partial charge on any atom is 0.272 e. The molecule has 0 unspecified atom stereocenters. The molecular weight excluding hydrogens is 451 g/mol. The third-order valence-electron chi connectivity index (χ3n) is 7.91. The first-order valence-corrected chi connectivity index (χ1v) is 15.4. The van der Waals surface area contributed by atoms with E-state index in [0.29, 0.717) is 42.5 Å². The van der Waals surface area contributed by atoms with Gasteiger partial charge in [-0.25, -0.2) is 17.6 Å². The Balaban J connectivity index is 1.43. The summed E-state index contributed by atoms with van der Waals surface area (Å²) in [5, 5.41) is 0. The van der Waals surface area contributed by atoms with Gasteiger partial charge in [-0.05, 0) is 66.4 Å². The van der Waals surface area contributed by atoms with E-state index in [1.165, 1.54) is 63.5 Å². The molecule has 0 aromatic heterocycles. The monoisotopic (exact) mass is 490 g/mol. The summed E-state index contributed by atoms with van der Waals surface area (Å²) in [5.41, 5.74) is 0.479. The first-order chi connectivity index (χ1) is 15.8. The van der Waals surface area contributed by atoms with Gasteiger partial charge in [0.25, 0.3) is 6.43 Å². The van der Waals surface area contributed by atoms with Crippen LogP contribution in [0.15, 0.2) is 12.1 Å². The van der Waals surface area contributed by atoms with Crippen LogP contribution in [0.2, 0.25) is 18.1 Å². The predicted molar refractivity (Wildman–Crippen MR) is 125 cm³/mol. The van der Waals surface area contributed by atoms with Crippen LogP contribution in [0.4, 0.5) is 21.7 Å². The highest BCUT2D eigenvalue weighted by Crippen LogP contribution is 2.44. The molecule has 1 saturated heterocycles. The normalized spacial score (nSPS) is 28.3. The highest BCUT2D eigenvalue weighted by Gasteiger charge is 2.40. The summed E-state index contributed by atoms with van der Waals surface area (Å²) < 4.78 is 73.2. The fourth-order valence-corrected chi connectivity index (χ4v) is 9.18. The predicted octanol–water partition coefficient (Wildman–Crippen LogP) is 9.18. The highest BCUT2D eigenvalue weighted by atomic mass is 28.4. The van der Waals surface area contributed by atoms with Gasteiger partial charge in [0.05, 0.1) is 0 Å².